The topological polar surface area (TPSA) is 67.2 Å². The van der Waals surface area contributed by atoms with Crippen molar-refractivity contribution < 1.29 is 9.59 Å². The lowest BCUT2D eigenvalue weighted by Gasteiger charge is -2.42. The van der Waals surface area contributed by atoms with Crippen LogP contribution in [0.4, 0.5) is 0 Å². The number of hydrogen-bond donors (Lipinski definition) is 1. The number of aromatic nitrogens is 2. The number of imidazole rings is 1. The Morgan fingerprint density at radius 2 is 1.49 bits per heavy atom. The molecule has 0 saturated heterocycles. The van der Waals surface area contributed by atoms with Gasteiger partial charge in [-0.05, 0) is 62.3 Å². The zero-order valence-corrected chi connectivity index (χ0v) is 24.5. The molecular weight excluding hydrogens is 508 g/mol. The summed E-state index contributed by atoms with van der Waals surface area (Å²) in [6.45, 7) is 1.04. The smallest absolute Gasteiger partial charge is 0.243 e. The van der Waals surface area contributed by atoms with E-state index in [1.165, 1.54) is 38.5 Å². The molecule has 0 aliphatic heterocycles. The quantitative estimate of drug-likeness (QED) is 0.192. The normalized spacial score (nSPS) is 16.8. The van der Waals surface area contributed by atoms with Gasteiger partial charge >= 0.3 is 0 Å². The molecule has 0 spiro atoms. The Balaban J connectivity index is 1.17. The van der Waals surface area contributed by atoms with Gasteiger partial charge in [-0.1, -0.05) is 87.4 Å². The van der Waals surface area contributed by atoms with Gasteiger partial charge in [-0.25, -0.2) is 4.98 Å². The van der Waals surface area contributed by atoms with Gasteiger partial charge in [0, 0.05) is 31.1 Å². The Labute approximate surface area is 245 Å². The molecule has 6 nitrogen and oxygen atoms in total. The predicted molar refractivity (Wildman–Crippen MR) is 166 cm³/mol. The first-order valence-electron chi connectivity index (χ1n) is 16.0. The third kappa shape index (κ3) is 8.08. The first kappa shape index (κ1) is 29.1. The summed E-state index contributed by atoms with van der Waals surface area (Å²) in [6, 6.07) is 18.9. The van der Waals surface area contributed by atoms with E-state index in [2.05, 4.69) is 26.9 Å². The van der Waals surface area contributed by atoms with E-state index in [9.17, 15) is 9.59 Å². The zero-order valence-electron chi connectivity index (χ0n) is 24.5. The summed E-state index contributed by atoms with van der Waals surface area (Å²) in [5.74, 6) is 1.22. The van der Waals surface area contributed by atoms with Crippen molar-refractivity contribution in [3.63, 3.8) is 0 Å². The van der Waals surface area contributed by atoms with Crippen molar-refractivity contribution in [1.29, 1.82) is 0 Å². The minimum atomic E-state index is -0.0605. The highest BCUT2D eigenvalue weighted by molar-refractivity contribution is 5.91. The summed E-state index contributed by atoms with van der Waals surface area (Å²) < 4.78 is 2.19. The molecule has 1 heterocycles. The molecule has 2 aromatic carbocycles. The lowest BCUT2D eigenvalue weighted by molar-refractivity contribution is -0.138. The maximum Gasteiger partial charge on any atom is 0.243 e. The molecule has 1 N–H and O–H groups in total. The molecule has 5 rings (SSSR count). The molecule has 41 heavy (non-hydrogen) atoms. The van der Waals surface area contributed by atoms with E-state index in [1.54, 1.807) is 6.08 Å². The first-order chi connectivity index (χ1) is 20.2. The number of rotatable bonds is 12. The van der Waals surface area contributed by atoms with Gasteiger partial charge in [0.2, 0.25) is 11.8 Å². The minimum absolute atomic E-state index is 0.0605. The molecule has 0 bridgehead atoms. The Bertz CT molecular complexity index is 1270. The van der Waals surface area contributed by atoms with Crippen LogP contribution in [0.15, 0.2) is 60.7 Å². The van der Waals surface area contributed by atoms with E-state index < -0.39 is 0 Å². The molecule has 1 aromatic heterocycles. The highest BCUT2D eigenvalue weighted by atomic mass is 16.2. The highest BCUT2D eigenvalue weighted by Crippen LogP contribution is 2.31. The number of fused-ring (bicyclic) bond motifs is 1. The van der Waals surface area contributed by atoms with Crippen LogP contribution in [0, 0.1) is 0 Å². The molecule has 6 heteroatoms. The second-order valence-electron chi connectivity index (χ2n) is 11.8. The monoisotopic (exact) mass is 554 g/mol. The van der Waals surface area contributed by atoms with E-state index in [0.29, 0.717) is 25.2 Å². The molecule has 2 aliphatic carbocycles. The van der Waals surface area contributed by atoms with Gasteiger partial charge in [0.1, 0.15) is 12.4 Å². The molecule has 0 radical (unpaired) electrons. The van der Waals surface area contributed by atoms with Crippen molar-refractivity contribution in [3.05, 3.63) is 72.1 Å². The Hall–Kier alpha value is -3.41. The molecule has 3 aromatic rings. The van der Waals surface area contributed by atoms with Crippen LogP contribution in [0.5, 0.6) is 0 Å². The average Bonchev–Trinajstić information content (AvgIpc) is 3.36. The lowest BCUT2D eigenvalue weighted by atomic mass is 9.88. The maximum atomic E-state index is 14.1. The zero-order chi connectivity index (χ0) is 28.3. The minimum Gasteiger partial charge on any atom is -0.353 e. The van der Waals surface area contributed by atoms with Gasteiger partial charge in [0.25, 0.3) is 0 Å². The van der Waals surface area contributed by atoms with E-state index in [-0.39, 0.29) is 11.8 Å². The molecule has 0 atom stereocenters. The van der Waals surface area contributed by atoms with Crippen LogP contribution in [-0.2, 0) is 22.6 Å². The number of aryl methyl sites for hydroxylation is 1. The van der Waals surface area contributed by atoms with Crippen molar-refractivity contribution >= 4 is 28.9 Å². The number of nitrogens with zero attached hydrogens (tertiary/aromatic N) is 3. The van der Waals surface area contributed by atoms with E-state index in [0.717, 1.165) is 73.8 Å². The van der Waals surface area contributed by atoms with Gasteiger partial charge in [-0.3, -0.25) is 9.59 Å². The number of nitrogens with one attached hydrogen (secondary N) is 1. The summed E-state index contributed by atoms with van der Waals surface area (Å²) in [7, 11) is 0. The van der Waals surface area contributed by atoms with E-state index in [4.69, 9.17) is 4.98 Å². The van der Waals surface area contributed by atoms with Gasteiger partial charge in [-0.2, -0.15) is 0 Å². The van der Waals surface area contributed by atoms with Crippen LogP contribution in [-0.4, -0.2) is 44.9 Å². The van der Waals surface area contributed by atoms with Gasteiger partial charge in [-0.15, -0.1) is 0 Å². The van der Waals surface area contributed by atoms with E-state index in [1.807, 2.05) is 48.5 Å². The number of carbonyl (C=O) groups excluding carboxylic acids is 2. The number of benzene rings is 2. The maximum absolute atomic E-state index is 14.1. The number of amides is 2. The van der Waals surface area contributed by atoms with Gasteiger partial charge in [0.05, 0.1) is 11.0 Å². The number of carbonyl (C=O) groups is 2. The second kappa shape index (κ2) is 15.0. The fraction of sp³-hybridized carbons (Fsp3) is 0.514. The lowest BCUT2D eigenvalue weighted by Crippen LogP contribution is -2.50. The Morgan fingerprint density at radius 1 is 0.829 bits per heavy atom. The van der Waals surface area contributed by atoms with Crippen molar-refractivity contribution in [3.8, 4) is 0 Å². The van der Waals surface area contributed by atoms with Crippen molar-refractivity contribution in [2.24, 2.45) is 0 Å². The molecule has 218 valence electrons. The largest absolute Gasteiger partial charge is 0.353 e. The third-order valence-electron chi connectivity index (χ3n) is 8.85. The van der Waals surface area contributed by atoms with Crippen LogP contribution in [0.3, 0.4) is 0 Å². The summed E-state index contributed by atoms with van der Waals surface area (Å²) in [4.78, 5) is 33.5. The van der Waals surface area contributed by atoms with Gasteiger partial charge < -0.3 is 14.8 Å². The predicted octanol–water partition coefficient (Wildman–Crippen LogP) is 7.07. The average molecular weight is 555 g/mol. The van der Waals surface area contributed by atoms with Crippen molar-refractivity contribution in [1.82, 2.24) is 19.8 Å². The fourth-order valence-corrected chi connectivity index (χ4v) is 6.72. The fourth-order valence-electron chi connectivity index (χ4n) is 6.72. The number of unbranched alkanes of at least 4 members (excludes halogenated alkanes) is 2. The van der Waals surface area contributed by atoms with Crippen molar-refractivity contribution in [2.75, 3.05) is 6.54 Å². The molecule has 2 fully saturated rings. The van der Waals surface area contributed by atoms with Crippen LogP contribution < -0.4 is 5.32 Å². The Morgan fingerprint density at radius 3 is 2.20 bits per heavy atom. The van der Waals surface area contributed by atoms with Crippen LogP contribution in [0.25, 0.3) is 17.1 Å². The summed E-state index contributed by atoms with van der Waals surface area (Å²) in [6.07, 6.45) is 19.3. The molecule has 2 aliphatic rings. The summed E-state index contributed by atoms with van der Waals surface area (Å²) in [5, 5.41) is 2.99. The molecular formula is C35H46N4O2. The van der Waals surface area contributed by atoms with Crippen molar-refractivity contribution in [2.45, 2.75) is 109 Å². The molecule has 2 saturated carbocycles. The Kier molecular flexibility index (Phi) is 10.6. The van der Waals surface area contributed by atoms with Crippen LogP contribution in [0.1, 0.15) is 94.9 Å². The van der Waals surface area contributed by atoms with Gasteiger partial charge in [0.15, 0.2) is 0 Å². The van der Waals surface area contributed by atoms with Crippen LogP contribution >= 0.6 is 0 Å². The third-order valence-corrected chi connectivity index (χ3v) is 8.85. The second-order valence-corrected chi connectivity index (χ2v) is 11.8. The van der Waals surface area contributed by atoms with E-state index >= 15 is 0 Å². The van der Waals surface area contributed by atoms with Crippen LogP contribution in [0.2, 0.25) is 0 Å². The number of para-hydroxylation sites is 2. The SMILES string of the molecule is O=C(/C=C/c1ccccc1)NCCCCCc1nc2ccccc2n1CC(=O)N(C1CCCCC1)C1CCCCC1. The standard InChI is InChI=1S/C35H46N4O2/c40-34(25-24-28-15-5-1-6-16-28)36-26-14-4-11-23-33-37-31-21-12-13-22-32(31)38(33)27-35(41)39(29-17-7-2-8-18-29)30-19-9-3-10-20-30/h1,5-6,12-13,15-16,21-22,24-25,29-30H,2-4,7-11,14,17-20,23,26-27H2,(H,36,40)/b25-24+. The molecule has 2 amide bonds. The number of hydrogen-bond acceptors (Lipinski definition) is 3. The highest BCUT2D eigenvalue weighted by Gasteiger charge is 2.33. The first-order valence-corrected chi connectivity index (χ1v) is 16.0. The summed E-state index contributed by atoms with van der Waals surface area (Å²) >= 11 is 0. The summed E-state index contributed by atoms with van der Waals surface area (Å²) in [5.41, 5.74) is 3.04. The molecule has 0 unspecified atom stereocenters.